The molecular formula is C21H23N3O3. The van der Waals surface area contributed by atoms with Crippen molar-refractivity contribution in [3.8, 4) is 17.0 Å². The number of nitrogens with zero attached hydrogens (tertiary/aromatic N) is 2. The molecular weight excluding hydrogens is 342 g/mol. The Morgan fingerprint density at radius 2 is 1.70 bits per heavy atom. The van der Waals surface area contributed by atoms with Crippen molar-refractivity contribution in [2.24, 2.45) is 0 Å². The van der Waals surface area contributed by atoms with Crippen LogP contribution in [-0.4, -0.2) is 22.3 Å². The molecule has 0 fully saturated rings. The highest BCUT2D eigenvalue weighted by atomic mass is 16.6. The summed E-state index contributed by atoms with van der Waals surface area (Å²) in [6.45, 7) is 9.72. The van der Waals surface area contributed by atoms with Gasteiger partial charge in [-0.25, -0.2) is 4.63 Å². The molecule has 0 unspecified atom stereocenters. The summed E-state index contributed by atoms with van der Waals surface area (Å²) in [4.78, 5) is 12.5. The second-order valence-corrected chi connectivity index (χ2v) is 6.83. The van der Waals surface area contributed by atoms with Gasteiger partial charge in [0.2, 0.25) is 5.82 Å². The smallest absolute Gasteiger partial charge is 0.266 e. The Balaban J connectivity index is 1.74. The van der Waals surface area contributed by atoms with Gasteiger partial charge in [-0.15, -0.1) is 0 Å². The number of nitrogens with one attached hydrogen (secondary N) is 1. The largest absolute Gasteiger partial charge is 0.481 e. The van der Waals surface area contributed by atoms with E-state index in [1.165, 1.54) is 5.56 Å². The number of hydrogen-bond donors (Lipinski definition) is 1. The Labute approximate surface area is 158 Å². The van der Waals surface area contributed by atoms with Crippen LogP contribution in [0.5, 0.6) is 5.75 Å². The molecule has 0 saturated heterocycles. The van der Waals surface area contributed by atoms with Crippen molar-refractivity contribution in [1.29, 1.82) is 0 Å². The molecule has 0 bridgehead atoms. The minimum Gasteiger partial charge on any atom is -0.481 e. The van der Waals surface area contributed by atoms with Crippen LogP contribution in [0, 0.1) is 27.7 Å². The fourth-order valence-corrected chi connectivity index (χ4v) is 2.83. The molecule has 3 aromatic rings. The lowest BCUT2D eigenvalue weighted by molar-refractivity contribution is -0.122. The lowest BCUT2D eigenvalue weighted by Crippen LogP contribution is -2.30. The van der Waals surface area contributed by atoms with Crippen molar-refractivity contribution in [3.05, 3.63) is 58.7 Å². The summed E-state index contributed by atoms with van der Waals surface area (Å²) in [6, 6.07) is 11.8. The lowest BCUT2D eigenvalue weighted by Gasteiger charge is -2.15. The zero-order chi connectivity index (χ0) is 19.6. The van der Waals surface area contributed by atoms with Crippen LogP contribution in [0.2, 0.25) is 0 Å². The van der Waals surface area contributed by atoms with Crippen LogP contribution in [0.25, 0.3) is 11.3 Å². The second-order valence-electron chi connectivity index (χ2n) is 6.83. The summed E-state index contributed by atoms with van der Waals surface area (Å²) >= 11 is 0. The van der Waals surface area contributed by atoms with Crippen molar-refractivity contribution in [2.45, 2.75) is 40.7 Å². The highest BCUT2D eigenvalue weighted by molar-refractivity contribution is 5.96. The number of hydrogen-bond acceptors (Lipinski definition) is 5. The first-order chi connectivity index (χ1) is 12.8. The molecule has 1 heterocycles. The molecule has 0 aliphatic heterocycles. The van der Waals surface area contributed by atoms with Crippen LogP contribution in [0.15, 0.2) is 41.0 Å². The average Bonchev–Trinajstić information content (AvgIpc) is 3.04. The van der Waals surface area contributed by atoms with Gasteiger partial charge in [0, 0.05) is 5.56 Å². The molecule has 0 aliphatic rings. The molecule has 0 aliphatic carbocycles. The van der Waals surface area contributed by atoms with Crippen LogP contribution < -0.4 is 10.1 Å². The molecule has 1 amide bonds. The zero-order valence-corrected chi connectivity index (χ0v) is 16.2. The minimum absolute atomic E-state index is 0.277. The molecule has 0 saturated carbocycles. The number of aryl methyl sites for hydroxylation is 4. The normalized spacial score (nSPS) is 11.9. The first-order valence-corrected chi connectivity index (χ1v) is 8.79. The third-order valence-electron chi connectivity index (χ3n) is 4.39. The summed E-state index contributed by atoms with van der Waals surface area (Å²) in [5.41, 5.74) is 5.78. The van der Waals surface area contributed by atoms with Crippen molar-refractivity contribution < 1.29 is 14.2 Å². The molecule has 1 atom stereocenters. The molecule has 140 valence electrons. The molecule has 0 spiro atoms. The maximum absolute atomic E-state index is 12.5. The number of carbonyl (C=O) groups excluding carboxylic acids is 1. The van der Waals surface area contributed by atoms with E-state index in [9.17, 15) is 4.79 Å². The van der Waals surface area contributed by atoms with Gasteiger partial charge in [-0.1, -0.05) is 18.2 Å². The highest BCUT2D eigenvalue weighted by Crippen LogP contribution is 2.26. The molecule has 1 N–H and O–H groups in total. The predicted octanol–water partition coefficient (Wildman–Crippen LogP) is 4.38. The molecule has 3 rings (SSSR count). The van der Waals surface area contributed by atoms with Gasteiger partial charge in [0.15, 0.2) is 11.8 Å². The number of amides is 1. The summed E-state index contributed by atoms with van der Waals surface area (Å²) in [5, 5.41) is 10.5. The first kappa shape index (κ1) is 18.6. The Hall–Kier alpha value is -3.15. The van der Waals surface area contributed by atoms with E-state index in [4.69, 9.17) is 9.37 Å². The first-order valence-electron chi connectivity index (χ1n) is 8.79. The van der Waals surface area contributed by atoms with Crippen molar-refractivity contribution in [3.63, 3.8) is 0 Å². The molecule has 6 heteroatoms. The Morgan fingerprint density at radius 3 is 2.37 bits per heavy atom. The molecule has 27 heavy (non-hydrogen) atoms. The number of benzene rings is 2. The van der Waals surface area contributed by atoms with Gasteiger partial charge in [-0.2, -0.15) is 0 Å². The number of anilines is 1. The number of ether oxygens (including phenoxy) is 1. The number of rotatable bonds is 5. The van der Waals surface area contributed by atoms with E-state index in [-0.39, 0.29) is 11.7 Å². The molecule has 6 nitrogen and oxygen atoms in total. The van der Waals surface area contributed by atoms with Gasteiger partial charge >= 0.3 is 0 Å². The van der Waals surface area contributed by atoms with Crippen LogP contribution >= 0.6 is 0 Å². The summed E-state index contributed by atoms with van der Waals surface area (Å²) in [5.74, 6) is 0.608. The monoisotopic (exact) mass is 365 g/mol. The van der Waals surface area contributed by atoms with E-state index in [1.807, 2.05) is 58.0 Å². The topological polar surface area (TPSA) is 77.2 Å². The van der Waals surface area contributed by atoms with E-state index in [1.54, 1.807) is 6.92 Å². The zero-order valence-electron chi connectivity index (χ0n) is 16.2. The van der Waals surface area contributed by atoms with E-state index in [2.05, 4.69) is 21.7 Å². The molecule has 0 radical (unpaired) electrons. The summed E-state index contributed by atoms with van der Waals surface area (Å²) in [6.07, 6.45) is -0.699. The summed E-state index contributed by atoms with van der Waals surface area (Å²) < 4.78 is 10.6. The number of aromatic nitrogens is 2. The highest BCUT2D eigenvalue weighted by Gasteiger charge is 2.20. The van der Waals surface area contributed by atoms with Gasteiger partial charge in [0.05, 0.1) is 0 Å². The van der Waals surface area contributed by atoms with Crippen LogP contribution in [0.1, 0.15) is 29.2 Å². The van der Waals surface area contributed by atoms with Crippen LogP contribution in [-0.2, 0) is 4.79 Å². The van der Waals surface area contributed by atoms with E-state index in [0.717, 1.165) is 22.3 Å². The van der Waals surface area contributed by atoms with Gasteiger partial charge in [-0.3, -0.25) is 4.79 Å². The van der Waals surface area contributed by atoms with Crippen molar-refractivity contribution >= 4 is 11.7 Å². The standard InChI is InChI=1S/C21H23N3O3/c1-12-8-13(2)10-18(9-12)26-16(5)21(25)22-20-19(23-27-24-20)17-7-6-14(3)15(4)11-17/h6-11,16H,1-5H3,(H,22,24,25)/t16-/m0/s1. The van der Waals surface area contributed by atoms with Crippen molar-refractivity contribution in [2.75, 3.05) is 5.32 Å². The van der Waals surface area contributed by atoms with E-state index in [0.29, 0.717) is 11.4 Å². The maximum atomic E-state index is 12.5. The van der Waals surface area contributed by atoms with E-state index < -0.39 is 6.10 Å². The van der Waals surface area contributed by atoms with Gasteiger partial charge in [0.1, 0.15) is 5.75 Å². The average molecular weight is 365 g/mol. The SMILES string of the molecule is Cc1cc(C)cc(O[C@@H](C)C(=O)Nc2nonc2-c2ccc(C)c(C)c2)c1. The Kier molecular flexibility index (Phi) is 5.26. The molecule has 1 aromatic heterocycles. The molecule has 2 aromatic carbocycles. The van der Waals surface area contributed by atoms with Gasteiger partial charge in [0.25, 0.3) is 5.91 Å². The lowest BCUT2D eigenvalue weighted by atomic mass is 10.0. The fraction of sp³-hybridized carbons (Fsp3) is 0.286. The van der Waals surface area contributed by atoms with Gasteiger partial charge in [-0.05, 0) is 85.4 Å². The van der Waals surface area contributed by atoms with Crippen LogP contribution in [0.3, 0.4) is 0 Å². The Morgan fingerprint density at radius 1 is 1.00 bits per heavy atom. The summed E-state index contributed by atoms with van der Waals surface area (Å²) in [7, 11) is 0. The quantitative estimate of drug-likeness (QED) is 0.726. The third-order valence-corrected chi connectivity index (χ3v) is 4.39. The third kappa shape index (κ3) is 4.34. The predicted molar refractivity (Wildman–Crippen MR) is 104 cm³/mol. The van der Waals surface area contributed by atoms with Crippen LogP contribution in [0.4, 0.5) is 5.82 Å². The number of carbonyl (C=O) groups is 1. The van der Waals surface area contributed by atoms with Crippen molar-refractivity contribution in [1.82, 2.24) is 10.3 Å². The maximum Gasteiger partial charge on any atom is 0.266 e. The second kappa shape index (κ2) is 7.61. The Bertz CT molecular complexity index is 958. The minimum atomic E-state index is -0.699. The van der Waals surface area contributed by atoms with Gasteiger partial charge < -0.3 is 10.1 Å². The van der Waals surface area contributed by atoms with E-state index >= 15 is 0 Å². The fourth-order valence-electron chi connectivity index (χ4n) is 2.83.